The summed E-state index contributed by atoms with van der Waals surface area (Å²) >= 11 is 3.18. The number of alkyl halides is 3. The molecular weight excluding hydrogens is 275 g/mol. The van der Waals surface area contributed by atoms with Crippen molar-refractivity contribution < 1.29 is 13.2 Å². The second kappa shape index (κ2) is 5.29. The maximum atomic E-state index is 11.8. The molecule has 1 aromatic heterocycles. The predicted molar refractivity (Wildman–Crippen MR) is 53.5 cm³/mol. The Morgan fingerprint density at radius 3 is 2.73 bits per heavy atom. The number of halogens is 4. The summed E-state index contributed by atoms with van der Waals surface area (Å²) in [5, 5.41) is 2.79. The SMILES string of the molecule is FC(F)(F)CCCNc1ncncc1Br. The molecule has 7 heteroatoms. The molecule has 1 heterocycles. The fourth-order valence-corrected chi connectivity index (χ4v) is 1.30. The lowest BCUT2D eigenvalue weighted by Gasteiger charge is -2.08. The first kappa shape index (κ1) is 12.2. The number of nitrogens with zero attached hydrogens (tertiary/aromatic N) is 2. The van der Waals surface area contributed by atoms with Gasteiger partial charge in [0.05, 0.1) is 4.47 Å². The summed E-state index contributed by atoms with van der Waals surface area (Å²) in [7, 11) is 0. The summed E-state index contributed by atoms with van der Waals surface area (Å²) in [5.74, 6) is 0.507. The number of hydrogen-bond donors (Lipinski definition) is 1. The van der Waals surface area contributed by atoms with Crippen LogP contribution in [0, 0.1) is 0 Å². The molecule has 0 fully saturated rings. The van der Waals surface area contributed by atoms with Crippen molar-refractivity contribution in [3.05, 3.63) is 17.0 Å². The Kier molecular flexibility index (Phi) is 4.31. The molecule has 0 spiro atoms. The van der Waals surface area contributed by atoms with Gasteiger partial charge in [0.1, 0.15) is 12.1 Å². The molecule has 0 aliphatic carbocycles. The molecular formula is C8H9BrF3N3. The third-order valence-electron chi connectivity index (χ3n) is 1.60. The monoisotopic (exact) mass is 283 g/mol. The Bertz CT molecular complexity index is 316. The summed E-state index contributed by atoms with van der Waals surface area (Å²) in [6, 6.07) is 0. The van der Waals surface area contributed by atoms with Crippen LogP contribution in [0.1, 0.15) is 12.8 Å². The number of rotatable bonds is 4. The van der Waals surface area contributed by atoms with E-state index in [9.17, 15) is 13.2 Å². The molecule has 0 bridgehead atoms. The van der Waals surface area contributed by atoms with E-state index >= 15 is 0 Å². The molecule has 0 amide bonds. The fraction of sp³-hybridized carbons (Fsp3) is 0.500. The Morgan fingerprint density at radius 2 is 2.13 bits per heavy atom. The van der Waals surface area contributed by atoms with Gasteiger partial charge in [-0.25, -0.2) is 9.97 Å². The van der Waals surface area contributed by atoms with E-state index in [0.29, 0.717) is 10.3 Å². The summed E-state index contributed by atoms with van der Waals surface area (Å²) < 4.78 is 36.0. The highest BCUT2D eigenvalue weighted by Crippen LogP contribution is 2.22. The topological polar surface area (TPSA) is 37.8 Å². The molecule has 0 aliphatic rings. The highest BCUT2D eigenvalue weighted by Gasteiger charge is 2.25. The van der Waals surface area contributed by atoms with Crippen molar-refractivity contribution in [2.75, 3.05) is 11.9 Å². The lowest BCUT2D eigenvalue weighted by atomic mass is 10.3. The first-order chi connectivity index (χ1) is 6.99. The third kappa shape index (κ3) is 4.96. The zero-order valence-electron chi connectivity index (χ0n) is 7.68. The highest BCUT2D eigenvalue weighted by molar-refractivity contribution is 9.10. The average molecular weight is 284 g/mol. The third-order valence-corrected chi connectivity index (χ3v) is 2.18. The Balaban J connectivity index is 2.30. The minimum atomic E-state index is -4.09. The average Bonchev–Trinajstić information content (AvgIpc) is 2.13. The zero-order chi connectivity index (χ0) is 11.3. The van der Waals surface area contributed by atoms with Crippen LogP contribution >= 0.6 is 15.9 Å². The van der Waals surface area contributed by atoms with Crippen LogP contribution in [0.2, 0.25) is 0 Å². The minimum Gasteiger partial charge on any atom is -0.369 e. The summed E-state index contributed by atoms with van der Waals surface area (Å²) in [6.07, 6.45) is -2.00. The normalized spacial score (nSPS) is 11.5. The van der Waals surface area contributed by atoms with Gasteiger partial charge in [-0.1, -0.05) is 0 Å². The molecule has 0 saturated carbocycles. The zero-order valence-corrected chi connectivity index (χ0v) is 9.27. The molecule has 1 aromatic rings. The van der Waals surface area contributed by atoms with Gasteiger partial charge in [0, 0.05) is 19.2 Å². The number of nitrogens with one attached hydrogen (secondary N) is 1. The van der Waals surface area contributed by atoms with Gasteiger partial charge in [-0.3, -0.25) is 0 Å². The van der Waals surface area contributed by atoms with Gasteiger partial charge >= 0.3 is 6.18 Å². The Hall–Kier alpha value is -0.850. The van der Waals surface area contributed by atoms with E-state index in [1.165, 1.54) is 12.5 Å². The van der Waals surface area contributed by atoms with E-state index in [1.807, 2.05) is 0 Å². The second-order valence-electron chi connectivity index (χ2n) is 2.86. The maximum absolute atomic E-state index is 11.8. The molecule has 84 valence electrons. The van der Waals surface area contributed by atoms with Crippen LogP contribution in [0.4, 0.5) is 19.0 Å². The smallest absolute Gasteiger partial charge is 0.369 e. The highest BCUT2D eigenvalue weighted by atomic mass is 79.9. The molecule has 0 saturated heterocycles. The molecule has 0 unspecified atom stereocenters. The van der Waals surface area contributed by atoms with Crippen molar-refractivity contribution in [3.8, 4) is 0 Å². The number of hydrogen-bond acceptors (Lipinski definition) is 3. The van der Waals surface area contributed by atoms with Crippen LogP contribution in [0.25, 0.3) is 0 Å². The van der Waals surface area contributed by atoms with E-state index in [-0.39, 0.29) is 13.0 Å². The first-order valence-electron chi connectivity index (χ1n) is 4.25. The van der Waals surface area contributed by atoms with Crippen LogP contribution in [0.5, 0.6) is 0 Å². The fourth-order valence-electron chi connectivity index (χ4n) is 0.938. The molecule has 0 atom stereocenters. The van der Waals surface area contributed by atoms with E-state index < -0.39 is 12.6 Å². The maximum Gasteiger partial charge on any atom is 0.389 e. The van der Waals surface area contributed by atoms with Gasteiger partial charge in [0.15, 0.2) is 0 Å². The first-order valence-corrected chi connectivity index (χ1v) is 5.04. The molecule has 3 nitrogen and oxygen atoms in total. The Labute approximate surface area is 93.2 Å². The molecule has 1 N–H and O–H groups in total. The van der Waals surface area contributed by atoms with Crippen molar-refractivity contribution in [1.29, 1.82) is 0 Å². The van der Waals surface area contributed by atoms with Gasteiger partial charge < -0.3 is 5.32 Å². The van der Waals surface area contributed by atoms with E-state index in [0.717, 1.165) is 0 Å². The van der Waals surface area contributed by atoms with Gasteiger partial charge in [0.25, 0.3) is 0 Å². The standard InChI is InChI=1S/C8H9BrF3N3/c9-6-4-13-5-15-7(6)14-3-1-2-8(10,11)12/h4-5H,1-3H2,(H,13,14,15). The lowest BCUT2D eigenvalue weighted by Crippen LogP contribution is -2.11. The van der Waals surface area contributed by atoms with Gasteiger partial charge in [0.2, 0.25) is 0 Å². The van der Waals surface area contributed by atoms with Crippen LogP contribution < -0.4 is 5.32 Å². The van der Waals surface area contributed by atoms with E-state index in [1.54, 1.807) is 0 Å². The molecule has 1 rings (SSSR count). The minimum absolute atomic E-state index is 0.0277. The largest absolute Gasteiger partial charge is 0.389 e. The van der Waals surface area contributed by atoms with Gasteiger partial charge in [-0.2, -0.15) is 13.2 Å². The summed E-state index contributed by atoms with van der Waals surface area (Å²) in [5.41, 5.74) is 0. The number of anilines is 1. The molecule has 0 radical (unpaired) electrons. The van der Waals surface area contributed by atoms with Crippen molar-refractivity contribution in [3.63, 3.8) is 0 Å². The van der Waals surface area contributed by atoms with Crippen molar-refractivity contribution in [2.24, 2.45) is 0 Å². The van der Waals surface area contributed by atoms with Crippen molar-refractivity contribution in [2.45, 2.75) is 19.0 Å². The lowest BCUT2D eigenvalue weighted by molar-refractivity contribution is -0.134. The van der Waals surface area contributed by atoms with Gasteiger partial charge in [-0.15, -0.1) is 0 Å². The second-order valence-corrected chi connectivity index (χ2v) is 3.72. The van der Waals surface area contributed by atoms with Gasteiger partial charge in [-0.05, 0) is 22.4 Å². The van der Waals surface area contributed by atoms with Crippen molar-refractivity contribution >= 4 is 21.7 Å². The molecule has 15 heavy (non-hydrogen) atoms. The molecule has 0 aromatic carbocycles. The van der Waals surface area contributed by atoms with Crippen LogP contribution in [0.15, 0.2) is 17.0 Å². The van der Waals surface area contributed by atoms with Crippen LogP contribution in [-0.2, 0) is 0 Å². The molecule has 0 aliphatic heterocycles. The van der Waals surface area contributed by atoms with Crippen LogP contribution in [0.3, 0.4) is 0 Å². The summed E-state index contributed by atoms with van der Waals surface area (Å²) in [6.45, 7) is 0.231. The van der Waals surface area contributed by atoms with Crippen LogP contribution in [-0.4, -0.2) is 22.7 Å². The summed E-state index contributed by atoms with van der Waals surface area (Å²) in [4.78, 5) is 7.60. The van der Waals surface area contributed by atoms with E-state index in [2.05, 4.69) is 31.2 Å². The van der Waals surface area contributed by atoms with E-state index in [4.69, 9.17) is 0 Å². The number of aromatic nitrogens is 2. The Morgan fingerprint density at radius 1 is 1.40 bits per heavy atom. The predicted octanol–water partition coefficient (Wildman–Crippen LogP) is 2.99. The quantitative estimate of drug-likeness (QED) is 0.864. The van der Waals surface area contributed by atoms with Crippen molar-refractivity contribution in [1.82, 2.24) is 9.97 Å².